The average Bonchev–Trinajstić information content (AvgIpc) is 1.95. The Morgan fingerprint density at radius 3 is 2.64 bits per heavy atom. The van der Waals surface area contributed by atoms with Crippen molar-refractivity contribution in [3.63, 3.8) is 0 Å². The van der Waals surface area contributed by atoms with E-state index in [9.17, 15) is 8.78 Å². The highest BCUT2D eigenvalue weighted by molar-refractivity contribution is 6.17. The summed E-state index contributed by atoms with van der Waals surface area (Å²) in [6.45, 7) is 0. The third-order valence-electron chi connectivity index (χ3n) is 1.10. The predicted octanol–water partition coefficient (Wildman–Crippen LogP) is 2.54. The Hall–Kier alpha value is -0.830. The van der Waals surface area contributed by atoms with Crippen molar-refractivity contribution in [2.24, 2.45) is 0 Å². The van der Waals surface area contributed by atoms with Gasteiger partial charge >= 0.3 is 0 Å². The molecule has 1 nitrogen and oxygen atoms in total. The molecule has 0 N–H and O–H groups in total. The van der Waals surface area contributed by atoms with Crippen LogP contribution in [0.1, 0.15) is 0 Å². The number of hydrogen-bond acceptors (Lipinski definition) is 1. The van der Waals surface area contributed by atoms with Gasteiger partial charge in [-0.3, -0.25) is 0 Å². The molecule has 60 valence electrons. The first kappa shape index (κ1) is 8.27. The van der Waals surface area contributed by atoms with E-state index in [1.807, 2.05) is 0 Å². The van der Waals surface area contributed by atoms with E-state index in [1.54, 1.807) is 0 Å². The van der Waals surface area contributed by atoms with Gasteiger partial charge in [0.25, 0.3) is 0 Å². The van der Waals surface area contributed by atoms with Crippen molar-refractivity contribution in [2.75, 3.05) is 6.07 Å². The van der Waals surface area contributed by atoms with Gasteiger partial charge in [-0.1, -0.05) is 11.6 Å². The topological polar surface area (TPSA) is 9.23 Å². The van der Waals surface area contributed by atoms with Crippen LogP contribution in [0.2, 0.25) is 0 Å². The maximum atomic E-state index is 12.6. The number of halogens is 3. The molecule has 0 bridgehead atoms. The maximum absolute atomic E-state index is 12.6. The lowest BCUT2D eigenvalue weighted by Gasteiger charge is -2.01. The molecule has 1 aromatic carbocycles. The number of hydrogen-bond donors (Lipinski definition) is 0. The molecular weight excluding hydrogens is 174 g/mol. The summed E-state index contributed by atoms with van der Waals surface area (Å²) >= 11 is 5.17. The van der Waals surface area contributed by atoms with Crippen molar-refractivity contribution in [3.8, 4) is 5.75 Å². The van der Waals surface area contributed by atoms with E-state index in [4.69, 9.17) is 11.6 Å². The molecule has 0 amide bonds. The zero-order valence-corrected chi connectivity index (χ0v) is 6.24. The van der Waals surface area contributed by atoms with Gasteiger partial charge in [-0.05, 0) is 12.1 Å². The Kier molecular flexibility index (Phi) is 2.65. The Morgan fingerprint density at radius 1 is 1.36 bits per heavy atom. The minimum absolute atomic E-state index is 0.0404. The van der Waals surface area contributed by atoms with Gasteiger partial charge < -0.3 is 4.74 Å². The van der Waals surface area contributed by atoms with E-state index >= 15 is 0 Å². The van der Waals surface area contributed by atoms with Crippen molar-refractivity contribution in [3.05, 3.63) is 29.8 Å². The Bertz CT molecular complexity index is 252. The van der Waals surface area contributed by atoms with Crippen LogP contribution in [0.5, 0.6) is 5.75 Å². The second kappa shape index (κ2) is 3.53. The molecule has 0 saturated carbocycles. The zero-order chi connectivity index (χ0) is 8.27. The van der Waals surface area contributed by atoms with Crippen LogP contribution < -0.4 is 4.74 Å². The third kappa shape index (κ3) is 2.05. The number of rotatable bonds is 2. The highest BCUT2D eigenvalue weighted by Crippen LogP contribution is 2.17. The van der Waals surface area contributed by atoms with Gasteiger partial charge in [0.05, 0.1) is 0 Å². The van der Waals surface area contributed by atoms with Crippen molar-refractivity contribution < 1.29 is 13.5 Å². The maximum Gasteiger partial charge on any atom is 0.168 e. The first-order chi connectivity index (χ1) is 5.24. The van der Waals surface area contributed by atoms with Gasteiger partial charge in [-0.15, -0.1) is 0 Å². The van der Waals surface area contributed by atoms with E-state index in [-0.39, 0.29) is 11.8 Å². The van der Waals surface area contributed by atoms with Crippen molar-refractivity contribution >= 4 is 11.6 Å². The summed E-state index contributed by atoms with van der Waals surface area (Å²) in [5, 5.41) is 0. The zero-order valence-electron chi connectivity index (χ0n) is 5.48. The van der Waals surface area contributed by atoms with Crippen LogP contribution in [0.15, 0.2) is 18.2 Å². The van der Waals surface area contributed by atoms with Crippen molar-refractivity contribution in [1.82, 2.24) is 0 Å². The molecule has 0 aliphatic heterocycles. The summed E-state index contributed by atoms with van der Waals surface area (Å²) in [5.41, 5.74) is 0. The SMILES string of the molecule is Fc1ccc(OCCl)c(F)c1. The van der Waals surface area contributed by atoms with Crippen molar-refractivity contribution in [1.29, 1.82) is 0 Å². The minimum atomic E-state index is -0.745. The molecule has 0 atom stereocenters. The van der Waals surface area contributed by atoms with Gasteiger partial charge in [0.2, 0.25) is 0 Å². The first-order valence-electron chi connectivity index (χ1n) is 2.88. The van der Waals surface area contributed by atoms with Crippen molar-refractivity contribution in [2.45, 2.75) is 0 Å². The molecule has 0 heterocycles. The molecule has 1 aromatic rings. The summed E-state index contributed by atoms with van der Waals surface area (Å²) < 4.78 is 29.5. The largest absolute Gasteiger partial charge is 0.475 e. The molecule has 0 fully saturated rings. The summed E-state index contributed by atoms with van der Waals surface area (Å²) in [6.07, 6.45) is 0. The van der Waals surface area contributed by atoms with Gasteiger partial charge in [0.15, 0.2) is 17.6 Å². The number of ether oxygens (including phenoxy) is 1. The Morgan fingerprint density at radius 2 is 2.09 bits per heavy atom. The van der Waals surface area contributed by atoms with Crippen LogP contribution in [-0.4, -0.2) is 6.07 Å². The quantitative estimate of drug-likeness (QED) is 0.633. The molecule has 1 rings (SSSR count). The first-order valence-corrected chi connectivity index (χ1v) is 3.41. The van der Waals surface area contributed by atoms with Gasteiger partial charge in [-0.2, -0.15) is 0 Å². The van der Waals surface area contributed by atoms with Crippen LogP contribution >= 0.6 is 11.6 Å². The molecule has 11 heavy (non-hydrogen) atoms. The third-order valence-corrected chi connectivity index (χ3v) is 1.21. The molecule has 0 unspecified atom stereocenters. The Labute approximate surface area is 67.5 Å². The standard InChI is InChI=1S/C7H5ClF2O/c8-4-11-7-2-1-5(9)3-6(7)10/h1-3H,4H2. The fraction of sp³-hybridized carbons (Fsp3) is 0.143. The average molecular weight is 179 g/mol. The normalized spacial score (nSPS) is 9.73. The minimum Gasteiger partial charge on any atom is -0.475 e. The van der Waals surface area contributed by atoms with Gasteiger partial charge in [-0.25, -0.2) is 8.78 Å². The smallest absolute Gasteiger partial charge is 0.168 e. The summed E-state index contributed by atoms with van der Waals surface area (Å²) in [4.78, 5) is 0. The summed E-state index contributed by atoms with van der Waals surface area (Å²) in [6, 6.07) is 2.88. The fourth-order valence-corrected chi connectivity index (χ4v) is 0.769. The van der Waals surface area contributed by atoms with E-state index < -0.39 is 11.6 Å². The van der Waals surface area contributed by atoms with E-state index in [1.165, 1.54) is 6.07 Å². The lowest BCUT2D eigenvalue weighted by atomic mass is 10.3. The lowest BCUT2D eigenvalue weighted by molar-refractivity contribution is 0.361. The number of alkyl halides is 1. The molecular formula is C7H5ClF2O. The second-order valence-electron chi connectivity index (χ2n) is 1.83. The van der Waals surface area contributed by atoms with E-state index in [0.29, 0.717) is 0 Å². The number of benzene rings is 1. The molecule has 4 heteroatoms. The van der Waals surface area contributed by atoms with Gasteiger partial charge in [0, 0.05) is 6.07 Å². The Balaban J connectivity index is 2.90. The predicted molar refractivity (Wildman–Crippen MR) is 37.7 cm³/mol. The highest BCUT2D eigenvalue weighted by atomic mass is 35.5. The molecule has 0 aromatic heterocycles. The molecule has 0 spiro atoms. The second-order valence-corrected chi connectivity index (χ2v) is 2.05. The molecule has 0 aliphatic rings. The highest BCUT2D eigenvalue weighted by Gasteiger charge is 2.02. The van der Waals surface area contributed by atoms with Gasteiger partial charge in [0.1, 0.15) is 5.82 Å². The molecule has 0 aliphatic carbocycles. The summed E-state index contributed by atoms with van der Waals surface area (Å²) in [7, 11) is 0. The summed E-state index contributed by atoms with van der Waals surface area (Å²) in [5.74, 6) is -1.42. The van der Waals surface area contributed by atoms with Crippen LogP contribution in [0.25, 0.3) is 0 Å². The fourth-order valence-electron chi connectivity index (χ4n) is 0.651. The van der Waals surface area contributed by atoms with Crippen LogP contribution in [0.3, 0.4) is 0 Å². The molecule has 0 saturated heterocycles. The lowest BCUT2D eigenvalue weighted by Crippen LogP contribution is -1.92. The van der Waals surface area contributed by atoms with Crippen LogP contribution in [0, 0.1) is 11.6 Å². The van der Waals surface area contributed by atoms with Crippen LogP contribution in [-0.2, 0) is 0 Å². The van der Waals surface area contributed by atoms with E-state index in [2.05, 4.69) is 4.74 Å². The van der Waals surface area contributed by atoms with Crippen LogP contribution in [0.4, 0.5) is 8.78 Å². The molecule has 0 radical (unpaired) electrons. The van der Waals surface area contributed by atoms with E-state index in [0.717, 1.165) is 12.1 Å². The monoisotopic (exact) mass is 178 g/mol.